The van der Waals surface area contributed by atoms with Crippen LogP contribution in [0.15, 0.2) is 59.5 Å². The number of rotatable bonds is 5. The Morgan fingerprint density at radius 3 is 2.45 bits per heavy atom. The van der Waals surface area contributed by atoms with Crippen LogP contribution < -0.4 is 9.64 Å². The molecule has 0 amide bonds. The highest BCUT2D eigenvalue weighted by molar-refractivity contribution is 7.89. The second kappa shape index (κ2) is 9.29. The molecule has 33 heavy (non-hydrogen) atoms. The minimum Gasteiger partial charge on any atom is -0.439 e. The lowest BCUT2D eigenvalue weighted by Crippen LogP contribution is -2.37. The number of fused-ring (bicyclic) bond motifs is 1. The van der Waals surface area contributed by atoms with Crippen molar-refractivity contribution in [3.8, 4) is 11.6 Å². The molecule has 0 saturated carbocycles. The molecule has 1 saturated heterocycles. The largest absolute Gasteiger partial charge is 0.439 e. The zero-order chi connectivity index (χ0) is 22.8. The number of nitrogens with zero attached hydrogens (tertiary/aromatic N) is 4. The molecule has 2 aliphatic rings. The summed E-state index contributed by atoms with van der Waals surface area (Å²) in [7, 11) is -3.72. The van der Waals surface area contributed by atoms with Gasteiger partial charge in [-0.2, -0.15) is 9.29 Å². The fourth-order valence-corrected chi connectivity index (χ4v) is 5.96. The smallest absolute Gasteiger partial charge is 0.243 e. The van der Waals surface area contributed by atoms with E-state index in [9.17, 15) is 8.42 Å². The first-order valence-corrected chi connectivity index (χ1v) is 13.0. The SMILES string of the molecule is O=S(=O)(c1cccc(Cl)c1)N1CCc2nc(N3CCCCC3)nc(Oc3ccccc3)c2C1. The van der Waals surface area contributed by atoms with Crippen LogP contribution in [-0.4, -0.2) is 42.3 Å². The van der Waals surface area contributed by atoms with E-state index in [0.29, 0.717) is 41.1 Å². The Labute approximate surface area is 199 Å². The van der Waals surface area contributed by atoms with E-state index in [-0.39, 0.29) is 11.4 Å². The van der Waals surface area contributed by atoms with Gasteiger partial charge in [-0.15, -0.1) is 0 Å². The van der Waals surface area contributed by atoms with Crippen LogP contribution in [0.4, 0.5) is 5.95 Å². The molecule has 172 valence electrons. The number of piperidine rings is 1. The van der Waals surface area contributed by atoms with Gasteiger partial charge in [-0.3, -0.25) is 0 Å². The lowest BCUT2D eigenvalue weighted by molar-refractivity contribution is 0.369. The third kappa shape index (κ3) is 4.69. The van der Waals surface area contributed by atoms with Crippen molar-refractivity contribution in [1.29, 1.82) is 0 Å². The number of hydrogen-bond acceptors (Lipinski definition) is 6. The zero-order valence-corrected chi connectivity index (χ0v) is 19.7. The van der Waals surface area contributed by atoms with Crippen molar-refractivity contribution in [1.82, 2.24) is 14.3 Å². The van der Waals surface area contributed by atoms with Crippen LogP contribution in [0.5, 0.6) is 11.6 Å². The van der Waals surface area contributed by atoms with Gasteiger partial charge in [-0.25, -0.2) is 13.4 Å². The lowest BCUT2D eigenvalue weighted by atomic mass is 10.1. The molecule has 0 aliphatic carbocycles. The molecular weight excluding hydrogens is 460 g/mol. The van der Waals surface area contributed by atoms with Crippen LogP contribution in [0.25, 0.3) is 0 Å². The van der Waals surface area contributed by atoms with Crippen molar-refractivity contribution in [3.05, 3.63) is 70.9 Å². The predicted molar refractivity (Wildman–Crippen MR) is 127 cm³/mol. The van der Waals surface area contributed by atoms with Crippen LogP contribution in [0, 0.1) is 0 Å². The van der Waals surface area contributed by atoms with Gasteiger partial charge in [0.2, 0.25) is 21.9 Å². The summed E-state index contributed by atoms with van der Waals surface area (Å²) >= 11 is 6.05. The summed E-state index contributed by atoms with van der Waals surface area (Å²) in [4.78, 5) is 12.0. The van der Waals surface area contributed by atoms with Crippen LogP contribution in [0.1, 0.15) is 30.5 Å². The molecule has 3 heterocycles. The summed E-state index contributed by atoms with van der Waals surface area (Å²) in [5.74, 6) is 1.72. The molecule has 1 fully saturated rings. The van der Waals surface area contributed by atoms with E-state index in [2.05, 4.69) is 4.90 Å². The molecule has 0 unspecified atom stereocenters. The number of ether oxygens (including phenoxy) is 1. The highest BCUT2D eigenvalue weighted by Gasteiger charge is 2.32. The fraction of sp³-hybridized carbons (Fsp3) is 0.333. The third-order valence-electron chi connectivity index (χ3n) is 6.01. The first-order chi connectivity index (χ1) is 16.0. The van der Waals surface area contributed by atoms with Crippen molar-refractivity contribution >= 4 is 27.6 Å². The van der Waals surface area contributed by atoms with E-state index >= 15 is 0 Å². The number of anilines is 1. The minimum atomic E-state index is -3.72. The molecule has 0 bridgehead atoms. The molecule has 3 aromatic rings. The van der Waals surface area contributed by atoms with Crippen molar-refractivity contribution in [3.63, 3.8) is 0 Å². The fourth-order valence-electron chi connectivity index (χ4n) is 4.25. The van der Waals surface area contributed by atoms with Crippen LogP contribution in [0.2, 0.25) is 5.02 Å². The normalized spacial score (nSPS) is 16.9. The minimum absolute atomic E-state index is 0.145. The molecule has 1 aromatic heterocycles. The molecule has 0 spiro atoms. The topological polar surface area (TPSA) is 75.6 Å². The van der Waals surface area contributed by atoms with Gasteiger partial charge in [0.25, 0.3) is 0 Å². The van der Waals surface area contributed by atoms with Crippen LogP contribution in [-0.2, 0) is 23.0 Å². The average Bonchev–Trinajstić information content (AvgIpc) is 2.85. The van der Waals surface area contributed by atoms with Gasteiger partial charge in [0.15, 0.2) is 0 Å². The molecule has 2 aliphatic heterocycles. The first kappa shape index (κ1) is 22.1. The second-order valence-corrected chi connectivity index (χ2v) is 10.6. The number of aromatic nitrogens is 2. The highest BCUT2D eigenvalue weighted by Crippen LogP contribution is 2.34. The maximum atomic E-state index is 13.3. The quantitative estimate of drug-likeness (QED) is 0.524. The number of benzene rings is 2. The lowest BCUT2D eigenvalue weighted by Gasteiger charge is -2.31. The third-order valence-corrected chi connectivity index (χ3v) is 8.08. The summed E-state index contributed by atoms with van der Waals surface area (Å²) in [5.41, 5.74) is 1.55. The molecule has 0 atom stereocenters. The molecule has 7 nitrogen and oxygen atoms in total. The highest BCUT2D eigenvalue weighted by atomic mass is 35.5. The Kier molecular flexibility index (Phi) is 6.23. The van der Waals surface area contributed by atoms with Crippen LogP contribution >= 0.6 is 11.6 Å². The van der Waals surface area contributed by atoms with E-state index in [1.54, 1.807) is 18.2 Å². The second-order valence-electron chi connectivity index (χ2n) is 8.26. The van der Waals surface area contributed by atoms with Gasteiger partial charge in [0, 0.05) is 37.6 Å². The zero-order valence-electron chi connectivity index (χ0n) is 18.2. The van der Waals surface area contributed by atoms with E-state index in [0.717, 1.165) is 31.6 Å². The number of halogens is 1. The van der Waals surface area contributed by atoms with Gasteiger partial charge in [0.1, 0.15) is 5.75 Å². The Morgan fingerprint density at radius 2 is 1.70 bits per heavy atom. The van der Waals surface area contributed by atoms with Gasteiger partial charge < -0.3 is 9.64 Å². The Bertz CT molecular complexity index is 1250. The van der Waals surface area contributed by atoms with Gasteiger partial charge in [0.05, 0.1) is 16.2 Å². The molecule has 0 radical (unpaired) electrons. The Balaban J connectivity index is 1.52. The van der Waals surface area contributed by atoms with Crippen LogP contribution in [0.3, 0.4) is 0 Å². The number of sulfonamides is 1. The molecular formula is C24H25ClN4O3S. The van der Waals surface area contributed by atoms with Gasteiger partial charge >= 0.3 is 0 Å². The summed E-state index contributed by atoms with van der Waals surface area (Å²) in [6.07, 6.45) is 3.93. The van der Waals surface area contributed by atoms with E-state index in [1.165, 1.54) is 16.8 Å². The summed E-state index contributed by atoms with van der Waals surface area (Å²) in [5, 5.41) is 0.385. The van der Waals surface area contributed by atoms with E-state index < -0.39 is 10.0 Å². The maximum Gasteiger partial charge on any atom is 0.243 e. The molecule has 2 aromatic carbocycles. The van der Waals surface area contributed by atoms with E-state index in [4.69, 9.17) is 26.3 Å². The molecule has 9 heteroatoms. The van der Waals surface area contributed by atoms with Crippen molar-refractivity contribution in [2.45, 2.75) is 37.1 Å². The standard InChI is InChI=1S/C24H25ClN4O3S/c25-18-8-7-11-20(16-18)33(30,31)29-15-12-22-21(17-29)23(32-19-9-3-1-4-10-19)27-24(26-22)28-13-5-2-6-14-28/h1,3-4,7-11,16H,2,5-6,12-15,17H2. The Hall–Kier alpha value is -2.68. The molecule has 0 N–H and O–H groups in total. The van der Waals surface area contributed by atoms with Crippen molar-refractivity contribution in [2.24, 2.45) is 0 Å². The summed E-state index contributed by atoms with van der Waals surface area (Å²) in [6, 6.07) is 15.8. The number of hydrogen-bond donors (Lipinski definition) is 0. The molecule has 5 rings (SSSR count). The summed E-state index contributed by atoms with van der Waals surface area (Å²) in [6.45, 7) is 2.31. The van der Waals surface area contributed by atoms with E-state index in [1.807, 2.05) is 30.3 Å². The monoisotopic (exact) mass is 484 g/mol. The van der Waals surface area contributed by atoms with Gasteiger partial charge in [-0.05, 0) is 49.6 Å². The summed E-state index contributed by atoms with van der Waals surface area (Å²) < 4.78 is 34.2. The average molecular weight is 485 g/mol. The Morgan fingerprint density at radius 1 is 0.909 bits per heavy atom. The number of para-hydroxylation sites is 1. The van der Waals surface area contributed by atoms with Crippen molar-refractivity contribution < 1.29 is 13.2 Å². The first-order valence-electron chi connectivity index (χ1n) is 11.1. The predicted octanol–water partition coefficient (Wildman–Crippen LogP) is 4.66. The maximum absolute atomic E-state index is 13.3. The van der Waals surface area contributed by atoms with Gasteiger partial charge in [-0.1, -0.05) is 35.9 Å². The van der Waals surface area contributed by atoms with Crippen molar-refractivity contribution in [2.75, 3.05) is 24.5 Å².